The van der Waals surface area contributed by atoms with Crippen molar-refractivity contribution in [1.29, 1.82) is 0 Å². The average molecular weight is 356 g/mol. The fourth-order valence-corrected chi connectivity index (χ4v) is 3.09. The van der Waals surface area contributed by atoms with E-state index in [0.29, 0.717) is 32.5 Å². The topological polar surface area (TPSA) is 63.0 Å². The van der Waals surface area contributed by atoms with Crippen molar-refractivity contribution < 1.29 is 18.7 Å². The van der Waals surface area contributed by atoms with Gasteiger partial charge in [0.25, 0.3) is 0 Å². The fraction of sp³-hybridized carbons (Fsp3) is 0.400. The van der Waals surface area contributed by atoms with E-state index in [0.717, 1.165) is 30.0 Å². The molecule has 1 aliphatic rings. The standard InChI is InChI=1S/C20H24N2O4/c1-25-13-11-21(15-18-4-3-12-26-18)20(24)14-16-6-8-17(9-7-16)22-10-2-5-19(22)23/h3-4,6-9,12H,2,5,10-11,13-15H2,1H3. The molecule has 0 atom stereocenters. The summed E-state index contributed by atoms with van der Waals surface area (Å²) < 4.78 is 10.5. The molecule has 138 valence electrons. The summed E-state index contributed by atoms with van der Waals surface area (Å²) >= 11 is 0. The lowest BCUT2D eigenvalue weighted by atomic mass is 10.1. The third-order valence-corrected chi connectivity index (χ3v) is 4.52. The normalized spacial score (nSPS) is 14.0. The molecule has 0 N–H and O–H groups in total. The lowest BCUT2D eigenvalue weighted by Crippen LogP contribution is -2.34. The molecule has 0 unspecified atom stereocenters. The van der Waals surface area contributed by atoms with Crippen LogP contribution in [0.2, 0.25) is 0 Å². The van der Waals surface area contributed by atoms with Crippen LogP contribution in [0.15, 0.2) is 47.1 Å². The number of ether oxygens (including phenoxy) is 1. The second kappa shape index (κ2) is 8.67. The van der Waals surface area contributed by atoms with E-state index >= 15 is 0 Å². The van der Waals surface area contributed by atoms with Gasteiger partial charge in [-0.1, -0.05) is 12.1 Å². The molecule has 0 spiro atoms. The van der Waals surface area contributed by atoms with Gasteiger partial charge in [0.05, 0.1) is 25.8 Å². The molecule has 0 saturated carbocycles. The van der Waals surface area contributed by atoms with Crippen molar-refractivity contribution in [3.05, 3.63) is 54.0 Å². The second-order valence-electron chi connectivity index (χ2n) is 6.38. The molecule has 6 heteroatoms. The van der Waals surface area contributed by atoms with Gasteiger partial charge in [0, 0.05) is 32.3 Å². The first-order chi connectivity index (χ1) is 12.7. The van der Waals surface area contributed by atoms with Crippen molar-refractivity contribution in [2.24, 2.45) is 0 Å². The minimum atomic E-state index is 0.0171. The summed E-state index contributed by atoms with van der Waals surface area (Å²) in [5.41, 5.74) is 1.82. The van der Waals surface area contributed by atoms with Crippen LogP contribution < -0.4 is 4.90 Å². The molecular weight excluding hydrogens is 332 g/mol. The number of amides is 2. The average Bonchev–Trinajstić information content (AvgIpc) is 3.31. The third-order valence-electron chi connectivity index (χ3n) is 4.52. The molecule has 1 aliphatic heterocycles. The number of carbonyl (C=O) groups excluding carboxylic acids is 2. The number of nitrogens with zero attached hydrogens (tertiary/aromatic N) is 2. The van der Waals surface area contributed by atoms with Gasteiger partial charge in [-0.2, -0.15) is 0 Å². The maximum Gasteiger partial charge on any atom is 0.227 e. The van der Waals surface area contributed by atoms with Crippen LogP contribution in [0.25, 0.3) is 0 Å². The Morgan fingerprint density at radius 3 is 2.69 bits per heavy atom. The monoisotopic (exact) mass is 356 g/mol. The van der Waals surface area contributed by atoms with Crippen molar-refractivity contribution in [2.75, 3.05) is 31.7 Å². The highest BCUT2D eigenvalue weighted by atomic mass is 16.5. The fourth-order valence-electron chi connectivity index (χ4n) is 3.09. The molecule has 26 heavy (non-hydrogen) atoms. The van der Waals surface area contributed by atoms with E-state index in [1.807, 2.05) is 36.4 Å². The summed E-state index contributed by atoms with van der Waals surface area (Å²) in [4.78, 5) is 28.1. The first kappa shape index (κ1) is 18.2. The Bertz CT molecular complexity index is 725. The molecule has 1 saturated heterocycles. The third kappa shape index (κ3) is 4.52. The molecule has 6 nitrogen and oxygen atoms in total. The molecule has 0 radical (unpaired) electrons. The Hall–Kier alpha value is -2.60. The number of methoxy groups -OCH3 is 1. The number of hydrogen-bond donors (Lipinski definition) is 0. The minimum Gasteiger partial charge on any atom is -0.467 e. The van der Waals surface area contributed by atoms with Gasteiger partial charge in [-0.25, -0.2) is 0 Å². The predicted molar refractivity (Wildman–Crippen MR) is 97.7 cm³/mol. The van der Waals surface area contributed by atoms with Gasteiger partial charge in [-0.3, -0.25) is 9.59 Å². The molecule has 3 rings (SSSR count). The molecule has 2 aromatic rings. The number of furan rings is 1. The molecule has 1 fully saturated rings. The van der Waals surface area contributed by atoms with Crippen molar-refractivity contribution in [1.82, 2.24) is 4.90 Å². The lowest BCUT2D eigenvalue weighted by molar-refractivity contribution is -0.132. The van der Waals surface area contributed by atoms with Crippen LogP contribution in [0.1, 0.15) is 24.2 Å². The van der Waals surface area contributed by atoms with Gasteiger partial charge in [0.2, 0.25) is 11.8 Å². The van der Waals surface area contributed by atoms with Gasteiger partial charge in [-0.05, 0) is 36.2 Å². The van der Waals surface area contributed by atoms with Crippen LogP contribution in [0.5, 0.6) is 0 Å². The zero-order valence-electron chi connectivity index (χ0n) is 15.0. The molecule has 2 heterocycles. The first-order valence-corrected chi connectivity index (χ1v) is 8.86. The largest absolute Gasteiger partial charge is 0.467 e. The van der Waals surface area contributed by atoms with Crippen LogP contribution in [0, 0.1) is 0 Å². The number of rotatable bonds is 8. The maximum atomic E-state index is 12.7. The summed E-state index contributed by atoms with van der Waals surface area (Å²) in [6, 6.07) is 11.3. The van der Waals surface area contributed by atoms with Crippen LogP contribution >= 0.6 is 0 Å². The summed E-state index contributed by atoms with van der Waals surface area (Å²) in [7, 11) is 1.62. The van der Waals surface area contributed by atoms with E-state index in [9.17, 15) is 9.59 Å². The minimum absolute atomic E-state index is 0.0171. The van der Waals surface area contributed by atoms with E-state index < -0.39 is 0 Å². The van der Waals surface area contributed by atoms with Gasteiger partial charge < -0.3 is 19.0 Å². The summed E-state index contributed by atoms with van der Waals surface area (Å²) in [5, 5.41) is 0. The zero-order valence-corrected chi connectivity index (χ0v) is 15.0. The summed E-state index contributed by atoms with van der Waals surface area (Å²) in [6.45, 7) is 2.18. The van der Waals surface area contributed by atoms with Gasteiger partial charge >= 0.3 is 0 Å². The smallest absolute Gasteiger partial charge is 0.227 e. The highest BCUT2D eigenvalue weighted by Gasteiger charge is 2.21. The quantitative estimate of drug-likeness (QED) is 0.729. The summed E-state index contributed by atoms with van der Waals surface area (Å²) in [5.74, 6) is 0.929. The molecule has 1 aromatic carbocycles. The van der Waals surface area contributed by atoms with Crippen LogP contribution in [0.4, 0.5) is 5.69 Å². The van der Waals surface area contributed by atoms with Gasteiger partial charge in [0.1, 0.15) is 5.76 Å². The van der Waals surface area contributed by atoms with Gasteiger partial charge in [0.15, 0.2) is 0 Å². The van der Waals surface area contributed by atoms with Gasteiger partial charge in [-0.15, -0.1) is 0 Å². The molecule has 2 amide bonds. The van der Waals surface area contributed by atoms with Crippen LogP contribution in [-0.2, 0) is 27.3 Å². The van der Waals surface area contributed by atoms with Crippen LogP contribution in [0.3, 0.4) is 0 Å². The van der Waals surface area contributed by atoms with Crippen molar-refractivity contribution in [3.8, 4) is 0 Å². The highest BCUT2D eigenvalue weighted by molar-refractivity contribution is 5.95. The Balaban J connectivity index is 1.63. The SMILES string of the molecule is COCCN(Cc1ccco1)C(=O)Cc1ccc(N2CCCC2=O)cc1. The van der Waals surface area contributed by atoms with E-state index in [2.05, 4.69) is 0 Å². The maximum absolute atomic E-state index is 12.7. The highest BCUT2D eigenvalue weighted by Crippen LogP contribution is 2.22. The van der Waals surface area contributed by atoms with Crippen LogP contribution in [-0.4, -0.2) is 43.5 Å². The lowest BCUT2D eigenvalue weighted by Gasteiger charge is -2.22. The van der Waals surface area contributed by atoms with E-state index in [-0.39, 0.29) is 11.8 Å². The Labute approximate surface area is 153 Å². The summed E-state index contributed by atoms with van der Waals surface area (Å²) in [6.07, 6.45) is 3.42. The van der Waals surface area contributed by atoms with E-state index in [1.54, 1.807) is 23.2 Å². The van der Waals surface area contributed by atoms with Crippen molar-refractivity contribution >= 4 is 17.5 Å². The Morgan fingerprint density at radius 1 is 1.27 bits per heavy atom. The molecular formula is C20H24N2O4. The number of hydrogen-bond acceptors (Lipinski definition) is 4. The van der Waals surface area contributed by atoms with Crippen molar-refractivity contribution in [3.63, 3.8) is 0 Å². The second-order valence-corrected chi connectivity index (χ2v) is 6.38. The first-order valence-electron chi connectivity index (χ1n) is 8.86. The Kier molecular flexibility index (Phi) is 6.07. The zero-order chi connectivity index (χ0) is 18.4. The molecule has 0 aliphatic carbocycles. The van der Waals surface area contributed by atoms with Crippen molar-refractivity contribution in [2.45, 2.75) is 25.8 Å². The number of carbonyl (C=O) groups is 2. The van der Waals surface area contributed by atoms with E-state index in [4.69, 9.17) is 9.15 Å². The van der Waals surface area contributed by atoms with E-state index in [1.165, 1.54) is 0 Å². The molecule has 1 aromatic heterocycles. The Morgan fingerprint density at radius 2 is 2.08 bits per heavy atom. The predicted octanol–water partition coefficient (Wildman–Crippen LogP) is 2.62. The molecule has 0 bridgehead atoms. The number of anilines is 1. The number of benzene rings is 1.